The fraction of sp³-hybridized carbons (Fsp3) is 0.348. The fourth-order valence-corrected chi connectivity index (χ4v) is 3.79. The van der Waals surface area contributed by atoms with Gasteiger partial charge in [0.25, 0.3) is 0 Å². The summed E-state index contributed by atoms with van der Waals surface area (Å²) in [5, 5.41) is 35.6. The number of benzene rings is 2. The number of primary amides is 1. The molecule has 11 N–H and O–H groups in total. The summed E-state index contributed by atoms with van der Waals surface area (Å²) in [6.07, 6.45) is -4.04. The Labute approximate surface area is 201 Å². The molecule has 0 saturated carbocycles. The summed E-state index contributed by atoms with van der Waals surface area (Å²) in [5.74, 6) is -1.68. The number of carbonyl (C=O) groups is 3. The number of aliphatic hydroxyl groups is 1. The van der Waals surface area contributed by atoms with Gasteiger partial charge in [-0.15, -0.1) is 0 Å². The van der Waals surface area contributed by atoms with E-state index in [1.165, 1.54) is 12.1 Å². The van der Waals surface area contributed by atoms with Crippen molar-refractivity contribution < 1.29 is 34.4 Å². The zero-order chi connectivity index (χ0) is 25.7. The number of hydrogen-bond donors (Lipinski definition) is 8. The second kappa shape index (κ2) is 11.0. The molecular weight excluding hydrogens is 458 g/mol. The summed E-state index contributed by atoms with van der Waals surface area (Å²) in [5.41, 5.74) is 18.7. The molecule has 12 nitrogen and oxygen atoms in total. The number of nitrogens with two attached hydrogens (primary N) is 3. The number of carbonyl (C=O) groups excluding carboxylic acids is 3. The Hall–Kier alpha value is -3.87. The third-order valence-electron chi connectivity index (χ3n) is 5.65. The molecule has 4 atom stereocenters. The maximum atomic E-state index is 13.0. The van der Waals surface area contributed by atoms with Crippen molar-refractivity contribution in [2.45, 2.75) is 43.7 Å². The van der Waals surface area contributed by atoms with Crippen molar-refractivity contribution in [1.29, 1.82) is 0 Å². The molecule has 0 fully saturated rings. The Morgan fingerprint density at radius 3 is 2.11 bits per heavy atom. The molecule has 4 bridgehead atoms. The monoisotopic (exact) mass is 487 g/mol. The Morgan fingerprint density at radius 2 is 1.57 bits per heavy atom. The van der Waals surface area contributed by atoms with Crippen molar-refractivity contribution in [3.8, 4) is 22.6 Å². The van der Waals surface area contributed by atoms with Crippen LogP contribution in [0.1, 0.15) is 17.5 Å². The molecule has 0 unspecified atom stereocenters. The maximum absolute atomic E-state index is 13.0. The smallest absolute Gasteiger partial charge is 0.406 e. The largest absolute Gasteiger partial charge is 0.508 e. The van der Waals surface area contributed by atoms with Crippen LogP contribution in [0, 0.1) is 0 Å². The number of nitrogens with one attached hydrogen (secondary N) is 2. The van der Waals surface area contributed by atoms with Crippen LogP contribution in [0.2, 0.25) is 0 Å². The van der Waals surface area contributed by atoms with Crippen molar-refractivity contribution in [2.75, 3.05) is 6.54 Å². The number of fused-ring (bicyclic) bond motifs is 5. The summed E-state index contributed by atoms with van der Waals surface area (Å²) in [6, 6.07) is 7.08. The molecule has 0 aliphatic carbocycles. The summed E-state index contributed by atoms with van der Waals surface area (Å²) < 4.78 is 5.02. The first-order valence-electron chi connectivity index (χ1n) is 10.9. The maximum Gasteiger partial charge on any atom is 0.406 e. The Morgan fingerprint density at radius 1 is 1.00 bits per heavy atom. The number of aromatic hydroxyl groups is 2. The van der Waals surface area contributed by atoms with Crippen LogP contribution in [-0.2, 0) is 27.2 Å². The molecule has 2 aromatic carbocycles. The molecule has 3 amide bonds. The van der Waals surface area contributed by atoms with Crippen molar-refractivity contribution in [1.82, 2.24) is 10.6 Å². The van der Waals surface area contributed by atoms with Crippen LogP contribution in [-0.4, -0.2) is 64.2 Å². The number of aliphatic hydroxyl groups excluding tert-OH is 1. The van der Waals surface area contributed by atoms with Crippen LogP contribution in [0.15, 0.2) is 36.4 Å². The van der Waals surface area contributed by atoms with E-state index in [1.54, 1.807) is 24.3 Å². The minimum atomic E-state index is -1.30. The normalized spacial score (nSPS) is 21.6. The topological polar surface area (TPSA) is 223 Å². The molecule has 0 aromatic heterocycles. The van der Waals surface area contributed by atoms with Crippen molar-refractivity contribution in [3.63, 3.8) is 0 Å². The lowest BCUT2D eigenvalue weighted by atomic mass is 9.96. The highest BCUT2D eigenvalue weighted by Crippen LogP contribution is 2.30. The molecule has 3 rings (SSSR count). The van der Waals surface area contributed by atoms with Gasteiger partial charge in [0.2, 0.25) is 11.8 Å². The minimum Gasteiger partial charge on any atom is -0.508 e. The van der Waals surface area contributed by atoms with Crippen molar-refractivity contribution >= 4 is 17.9 Å². The third-order valence-corrected chi connectivity index (χ3v) is 5.65. The van der Waals surface area contributed by atoms with E-state index in [-0.39, 0.29) is 37.3 Å². The van der Waals surface area contributed by atoms with Crippen LogP contribution < -0.4 is 27.8 Å². The predicted octanol–water partition coefficient (Wildman–Crippen LogP) is -1.08. The van der Waals surface area contributed by atoms with Gasteiger partial charge in [-0.3, -0.25) is 9.59 Å². The van der Waals surface area contributed by atoms with Crippen LogP contribution in [0.5, 0.6) is 11.5 Å². The molecule has 2 aromatic rings. The molecule has 188 valence electrons. The number of phenols is 2. The number of amides is 3. The minimum absolute atomic E-state index is 0.0440. The molecule has 0 spiro atoms. The second-order valence-corrected chi connectivity index (χ2v) is 8.32. The van der Waals surface area contributed by atoms with E-state index < -0.39 is 42.3 Å². The van der Waals surface area contributed by atoms with Crippen LogP contribution in [0.25, 0.3) is 11.1 Å². The first-order chi connectivity index (χ1) is 16.6. The fourth-order valence-electron chi connectivity index (χ4n) is 3.79. The Bertz CT molecular complexity index is 1110. The third kappa shape index (κ3) is 6.59. The lowest BCUT2D eigenvalue weighted by molar-refractivity contribution is -0.132. The predicted molar refractivity (Wildman–Crippen MR) is 125 cm³/mol. The van der Waals surface area contributed by atoms with Crippen LogP contribution >= 0.6 is 0 Å². The molecule has 1 aliphatic rings. The molecule has 35 heavy (non-hydrogen) atoms. The molecular formula is C23H29N5O7. The van der Waals surface area contributed by atoms with E-state index in [0.29, 0.717) is 22.3 Å². The van der Waals surface area contributed by atoms with Gasteiger partial charge in [-0.2, -0.15) is 0 Å². The number of rotatable bonds is 4. The number of hydrogen-bond acceptors (Lipinski definition) is 9. The highest BCUT2D eigenvalue weighted by molar-refractivity contribution is 5.90. The lowest BCUT2D eigenvalue weighted by Crippen LogP contribution is -2.55. The quantitative estimate of drug-likeness (QED) is 0.262. The zero-order valence-electron chi connectivity index (χ0n) is 18.8. The van der Waals surface area contributed by atoms with E-state index in [0.717, 1.165) is 0 Å². The molecule has 1 heterocycles. The Kier molecular flexibility index (Phi) is 8.12. The lowest BCUT2D eigenvalue weighted by Gasteiger charge is -2.25. The average Bonchev–Trinajstić information content (AvgIpc) is 2.80. The highest BCUT2D eigenvalue weighted by atomic mass is 16.6. The summed E-state index contributed by atoms with van der Waals surface area (Å²) in [6.45, 7) is -0.172. The van der Waals surface area contributed by atoms with E-state index in [1.807, 2.05) is 0 Å². The summed E-state index contributed by atoms with van der Waals surface area (Å²) >= 11 is 0. The summed E-state index contributed by atoms with van der Waals surface area (Å²) in [7, 11) is 0. The van der Waals surface area contributed by atoms with Gasteiger partial charge in [-0.05, 0) is 41.0 Å². The van der Waals surface area contributed by atoms with E-state index in [9.17, 15) is 29.7 Å². The first kappa shape index (κ1) is 25.7. The van der Waals surface area contributed by atoms with Gasteiger partial charge in [0.05, 0.1) is 12.1 Å². The van der Waals surface area contributed by atoms with Gasteiger partial charge in [-0.25, -0.2) is 4.79 Å². The van der Waals surface area contributed by atoms with Crippen LogP contribution in [0.3, 0.4) is 0 Å². The van der Waals surface area contributed by atoms with Gasteiger partial charge in [0.1, 0.15) is 17.5 Å². The average molecular weight is 488 g/mol. The summed E-state index contributed by atoms with van der Waals surface area (Å²) in [4.78, 5) is 37.3. The van der Waals surface area contributed by atoms with Crippen molar-refractivity contribution in [2.24, 2.45) is 17.2 Å². The zero-order valence-corrected chi connectivity index (χ0v) is 18.8. The molecule has 1 aliphatic heterocycles. The van der Waals surface area contributed by atoms with Crippen LogP contribution in [0.4, 0.5) is 4.79 Å². The van der Waals surface area contributed by atoms with Gasteiger partial charge >= 0.3 is 6.09 Å². The number of ether oxygens (including phenoxy) is 1. The standard InChI is InChI=1S/C23H29N5O7/c24-10-15(29)9-17-22(33)28-20(35-23(26)34)8-14-6-12(2-4-19(14)31)11-1-3-18(30)13(5-11)7-16(25)21(32)27-17/h1-6,15-17,20,29-31H,7-10,24-25H2,(H2,26,34)(H,27,32)(H,28,33)/t15-,16+,17+,20+/m1/s1. The van der Waals surface area contributed by atoms with Gasteiger partial charge in [0, 0.05) is 31.4 Å². The van der Waals surface area contributed by atoms with Gasteiger partial charge in [-0.1, -0.05) is 12.1 Å². The molecule has 12 heteroatoms. The van der Waals surface area contributed by atoms with Gasteiger partial charge in [0.15, 0.2) is 6.23 Å². The van der Waals surface area contributed by atoms with E-state index >= 15 is 0 Å². The number of phenolic OH excluding ortho intramolecular Hbond substituents is 2. The SMILES string of the molecule is NC[C@H](O)C[C@@H]1NC(=O)[C@@H](N)Cc2cc(ccc2O)-c2ccc(O)c(c2)C[C@H](OC(N)=O)NC1=O. The highest BCUT2D eigenvalue weighted by Gasteiger charge is 2.29. The van der Waals surface area contributed by atoms with E-state index in [2.05, 4.69) is 10.6 Å². The molecule has 0 saturated heterocycles. The van der Waals surface area contributed by atoms with E-state index in [4.69, 9.17) is 21.9 Å². The van der Waals surface area contributed by atoms with Crippen molar-refractivity contribution in [3.05, 3.63) is 47.5 Å². The Balaban J connectivity index is 2.08. The molecule has 0 radical (unpaired) electrons. The van der Waals surface area contributed by atoms with Gasteiger partial charge < -0.3 is 47.9 Å². The first-order valence-corrected chi connectivity index (χ1v) is 10.9. The second-order valence-electron chi connectivity index (χ2n) is 8.32.